The van der Waals surface area contributed by atoms with Gasteiger partial charge < -0.3 is 5.32 Å². The third-order valence-corrected chi connectivity index (χ3v) is 4.00. The van der Waals surface area contributed by atoms with Gasteiger partial charge in [-0.25, -0.2) is 19.9 Å². The number of benzene rings is 1. The van der Waals surface area contributed by atoms with Crippen LogP contribution in [0.4, 0.5) is 5.82 Å². The fourth-order valence-corrected chi connectivity index (χ4v) is 2.64. The molecule has 1 N–H and O–H groups in total. The summed E-state index contributed by atoms with van der Waals surface area (Å²) in [6.45, 7) is 0.224. The lowest BCUT2D eigenvalue weighted by atomic mass is 10.2. The summed E-state index contributed by atoms with van der Waals surface area (Å²) >= 11 is 0. The molecule has 9 nitrogen and oxygen atoms in total. The molecule has 0 fully saturated rings. The number of nitrogens with one attached hydrogen (secondary N) is 1. The molecule has 0 unspecified atom stereocenters. The van der Waals surface area contributed by atoms with Gasteiger partial charge in [-0.1, -0.05) is 12.1 Å². The van der Waals surface area contributed by atoms with Crippen LogP contribution >= 0.6 is 0 Å². The molecule has 0 aliphatic heterocycles. The lowest BCUT2D eigenvalue weighted by Crippen LogP contribution is -2.23. The predicted octanol–water partition coefficient (Wildman–Crippen LogP) is 1.40. The maximum atomic E-state index is 12.4. The Kier molecular flexibility index (Phi) is 4.40. The van der Waals surface area contributed by atoms with Crippen molar-refractivity contribution in [3.05, 3.63) is 72.1 Å². The zero-order valence-corrected chi connectivity index (χ0v) is 14.2. The Hall–Kier alpha value is -3.88. The van der Waals surface area contributed by atoms with Crippen molar-refractivity contribution in [1.29, 1.82) is 0 Å². The maximum Gasteiger partial charge on any atom is 0.261 e. The van der Waals surface area contributed by atoms with Crippen LogP contribution in [0, 0.1) is 0 Å². The van der Waals surface area contributed by atoms with Crippen molar-refractivity contribution in [1.82, 2.24) is 29.1 Å². The van der Waals surface area contributed by atoms with Gasteiger partial charge in [-0.2, -0.15) is 0 Å². The zero-order valence-electron chi connectivity index (χ0n) is 14.2. The number of hydrogen-bond acceptors (Lipinski definition) is 6. The van der Waals surface area contributed by atoms with Gasteiger partial charge in [0.2, 0.25) is 5.91 Å². The Morgan fingerprint density at radius 2 is 2.00 bits per heavy atom. The molecule has 0 radical (unpaired) electrons. The Bertz CT molecular complexity index is 1150. The van der Waals surface area contributed by atoms with Gasteiger partial charge in [0.1, 0.15) is 24.3 Å². The van der Waals surface area contributed by atoms with Crippen LogP contribution < -0.4 is 10.9 Å². The molecule has 4 rings (SSSR count). The molecule has 0 atom stereocenters. The normalized spacial score (nSPS) is 10.8. The van der Waals surface area contributed by atoms with E-state index in [-0.39, 0.29) is 24.4 Å². The Labute approximate surface area is 153 Å². The Morgan fingerprint density at radius 3 is 2.85 bits per heavy atom. The Balaban J connectivity index is 1.44. The second kappa shape index (κ2) is 7.16. The zero-order chi connectivity index (χ0) is 18.6. The highest BCUT2D eigenvalue weighted by atomic mass is 16.2. The molecular formula is C18H15N7O2. The molecule has 3 aromatic heterocycles. The summed E-state index contributed by atoms with van der Waals surface area (Å²) in [6, 6.07) is 8.76. The van der Waals surface area contributed by atoms with Crippen molar-refractivity contribution in [2.45, 2.75) is 13.0 Å². The van der Waals surface area contributed by atoms with Gasteiger partial charge in [0, 0.05) is 31.4 Å². The minimum absolute atomic E-state index is 0.115. The van der Waals surface area contributed by atoms with Crippen molar-refractivity contribution in [3.8, 4) is 5.82 Å². The number of hydrogen-bond donors (Lipinski definition) is 1. The van der Waals surface area contributed by atoms with Crippen molar-refractivity contribution in [2.75, 3.05) is 5.32 Å². The molecule has 0 saturated carbocycles. The number of carbonyl (C=O) groups is 1. The van der Waals surface area contributed by atoms with Crippen LogP contribution in [0.25, 0.3) is 16.7 Å². The summed E-state index contributed by atoms with van der Waals surface area (Å²) < 4.78 is 3.14. The number of anilines is 1. The number of nitrogens with zero attached hydrogens (tertiary/aromatic N) is 6. The first-order valence-electron chi connectivity index (χ1n) is 8.25. The lowest BCUT2D eigenvalue weighted by Gasteiger charge is -2.08. The molecule has 0 spiro atoms. The minimum atomic E-state index is -0.259. The largest absolute Gasteiger partial charge is 0.310 e. The van der Waals surface area contributed by atoms with Crippen molar-refractivity contribution < 1.29 is 4.79 Å². The van der Waals surface area contributed by atoms with Crippen LogP contribution in [0.2, 0.25) is 0 Å². The average Bonchev–Trinajstić information content (AvgIpc) is 3.23. The predicted molar refractivity (Wildman–Crippen MR) is 98.4 cm³/mol. The van der Waals surface area contributed by atoms with E-state index < -0.39 is 0 Å². The van der Waals surface area contributed by atoms with E-state index in [1.165, 1.54) is 17.2 Å². The van der Waals surface area contributed by atoms with Crippen LogP contribution in [0.1, 0.15) is 6.42 Å². The summed E-state index contributed by atoms with van der Waals surface area (Å²) in [6.07, 6.45) is 7.92. The summed E-state index contributed by atoms with van der Waals surface area (Å²) in [7, 11) is 0. The van der Waals surface area contributed by atoms with Gasteiger partial charge in [-0.05, 0) is 12.1 Å². The molecule has 27 heavy (non-hydrogen) atoms. The molecule has 0 saturated heterocycles. The highest BCUT2D eigenvalue weighted by Crippen LogP contribution is 2.09. The van der Waals surface area contributed by atoms with Gasteiger partial charge in [0.25, 0.3) is 5.56 Å². The van der Waals surface area contributed by atoms with E-state index in [9.17, 15) is 9.59 Å². The summed E-state index contributed by atoms with van der Waals surface area (Å²) in [5, 5.41) is 3.24. The first kappa shape index (κ1) is 16.6. The number of fused-ring (bicyclic) bond motifs is 1. The van der Waals surface area contributed by atoms with Crippen molar-refractivity contribution in [2.24, 2.45) is 0 Å². The van der Waals surface area contributed by atoms with E-state index >= 15 is 0 Å². The van der Waals surface area contributed by atoms with E-state index in [0.717, 1.165) is 0 Å². The van der Waals surface area contributed by atoms with Crippen LogP contribution in [-0.4, -0.2) is 35.0 Å². The standard InChI is InChI=1S/C18H15N7O2/c26-17(23-15-9-16(21-10-20-15)24-8-6-19-11-24)5-7-25-12-22-14-4-2-1-3-13(14)18(25)27/h1-4,6,8-12H,5,7H2,(H,20,21,23,26). The highest BCUT2D eigenvalue weighted by molar-refractivity contribution is 5.89. The maximum absolute atomic E-state index is 12.4. The van der Waals surface area contributed by atoms with Gasteiger partial charge in [0.15, 0.2) is 0 Å². The quantitative estimate of drug-likeness (QED) is 0.576. The smallest absolute Gasteiger partial charge is 0.261 e. The first-order chi connectivity index (χ1) is 13.2. The average molecular weight is 361 g/mol. The molecule has 9 heteroatoms. The molecule has 134 valence electrons. The number of aryl methyl sites for hydroxylation is 1. The monoisotopic (exact) mass is 361 g/mol. The number of rotatable bonds is 5. The molecule has 0 bridgehead atoms. The van der Waals surface area contributed by atoms with Crippen LogP contribution in [-0.2, 0) is 11.3 Å². The lowest BCUT2D eigenvalue weighted by molar-refractivity contribution is -0.116. The molecule has 0 aliphatic carbocycles. The number of imidazole rings is 1. The fourth-order valence-electron chi connectivity index (χ4n) is 2.64. The second-order valence-corrected chi connectivity index (χ2v) is 5.79. The fraction of sp³-hybridized carbons (Fsp3) is 0.111. The van der Waals surface area contributed by atoms with Crippen molar-refractivity contribution in [3.63, 3.8) is 0 Å². The SMILES string of the molecule is O=C(CCn1cnc2ccccc2c1=O)Nc1cc(-n2ccnc2)ncn1. The molecule has 1 amide bonds. The minimum Gasteiger partial charge on any atom is -0.310 e. The Morgan fingerprint density at radius 1 is 1.11 bits per heavy atom. The molecule has 0 aliphatic rings. The number of aromatic nitrogens is 6. The topological polar surface area (TPSA) is 108 Å². The van der Waals surface area contributed by atoms with Crippen molar-refractivity contribution >= 4 is 22.6 Å². The molecule has 1 aromatic carbocycles. The van der Waals surface area contributed by atoms with Crippen LogP contribution in [0.15, 0.2) is 66.5 Å². The number of para-hydroxylation sites is 1. The third-order valence-electron chi connectivity index (χ3n) is 4.00. The van der Waals surface area contributed by atoms with E-state index in [4.69, 9.17) is 0 Å². The van der Waals surface area contributed by atoms with Gasteiger partial charge >= 0.3 is 0 Å². The van der Waals surface area contributed by atoms with Gasteiger partial charge in [-0.15, -0.1) is 0 Å². The molecule has 4 aromatic rings. The summed E-state index contributed by atoms with van der Waals surface area (Å²) in [5.74, 6) is 0.709. The van der Waals surface area contributed by atoms with Gasteiger partial charge in [0.05, 0.1) is 17.2 Å². The first-order valence-corrected chi connectivity index (χ1v) is 8.25. The van der Waals surface area contributed by atoms with E-state index in [1.807, 2.05) is 6.07 Å². The van der Waals surface area contributed by atoms with E-state index in [2.05, 4.69) is 25.3 Å². The summed E-state index contributed by atoms with van der Waals surface area (Å²) in [4.78, 5) is 41.0. The van der Waals surface area contributed by atoms with Gasteiger partial charge in [-0.3, -0.25) is 18.7 Å². The number of amides is 1. The molecular weight excluding hydrogens is 346 g/mol. The number of carbonyl (C=O) groups excluding carboxylic acids is 1. The van der Waals surface area contributed by atoms with Crippen LogP contribution in [0.3, 0.4) is 0 Å². The summed E-state index contributed by atoms with van der Waals surface area (Å²) in [5.41, 5.74) is 0.467. The third kappa shape index (κ3) is 3.56. The highest BCUT2D eigenvalue weighted by Gasteiger charge is 2.08. The second-order valence-electron chi connectivity index (χ2n) is 5.79. The van der Waals surface area contributed by atoms with E-state index in [1.54, 1.807) is 47.6 Å². The molecule has 3 heterocycles. The van der Waals surface area contributed by atoms with E-state index in [0.29, 0.717) is 22.5 Å². The van der Waals surface area contributed by atoms with Crippen LogP contribution in [0.5, 0.6) is 0 Å².